The minimum absolute atomic E-state index is 0.0866. The molecule has 1 aromatic heterocycles. The molecule has 1 saturated heterocycles. The summed E-state index contributed by atoms with van der Waals surface area (Å²) in [6.07, 6.45) is 4.58. The largest absolute Gasteiger partial charge is 0.324 e. The van der Waals surface area contributed by atoms with E-state index in [-0.39, 0.29) is 11.8 Å². The van der Waals surface area contributed by atoms with Gasteiger partial charge < -0.3 is 5.32 Å². The second-order valence-electron chi connectivity index (χ2n) is 7.27. The first kappa shape index (κ1) is 20.8. The van der Waals surface area contributed by atoms with Crippen molar-refractivity contribution in [1.29, 1.82) is 0 Å². The van der Waals surface area contributed by atoms with Crippen molar-refractivity contribution >= 4 is 44.2 Å². The van der Waals surface area contributed by atoms with Gasteiger partial charge in [-0.25, -0.2) is 13.4 Å². The number of fused-ring (bicyclic) bond motifs is 1. The summed E-state index contributed by atoms with van der Waals surface area (Å²) in [6.45, 7) is 0.661. The average Bonchev–Trinajstić information content (AvgIpc) is 2.79. The lowest BCUT2D eigenvalue weighted by molar-refractivity contribution is -0.120. The van der Waals surface area contributed by atoms with Gasteiger partial charge in [-0.05, 0) is 54.1 Å². The molecule has 4 rings (SSSR count). The summed E-state index contributed by atoms with van der Waals surface area (Å²) in [5, 5.41) is 5.68. The smallest absolute Gasteiger partial charge is 0.243 e. The monoisotopic (exact) mass is 441 g/mol. The van der Waals surface area contributed by atoms with Gasteiger partial charge in [0.1, 0.15) is 0 Å². The molecule has 6 nitrogen and oxygen atoms in total. The SMILES string of the molecule is CSc1ccc(NC(=O)C2CCN(S(=O)(=O)c3ccc4ccccc4c3)CC2)cn1. The molecule has 0 spiro atoms. The lowest BCUT2D eigenvalue weighted by Crippen LogP contribution is -2.41. The molecule has 1 N–H and O–H groups in total. The fourth-order valence-corrected chi connectivity index (χ4v) is 5.52. The second-order valence-corrected chi connectivity index (χ2v) is 10.0. The highest BCUT2D eigenvalue weighted by atomic mass is 32.2. The van der Waals surface area contributed by atoms with Crippen molar-refractivity contribution in [3.05, 3.63) is 60.8 Å². The maximum Gasteiger partial charge on any atom is 0.243 e. The maximum atomic E-state index is 13.1. The molecule has 0 radical (unpaired) electrons. The molecule has 3 aromatic rings. The molecule has 2 aromatic carbocycles. The normalized spacial score (nSPS) is 15.9. The van der Waals surface area contributed by atoms with Crippen LogP contribution in [0.1, 0.15) is 12.8 Å². The van der Waals surface area contributed by atoms with Crippen LogP contribution in [0.15, 0.2) is 70.7 Å². The predicted octanol–water partition coefficient (Wildman–Crippen LogP) is 4.00. The number of nitrogens with one attached hydrogen (secondary N) is 1. The summed E-state index contributed by atoms with van der Waals surface area (Å²) in [7, 11) is -3.58. The second kappa shape index (κ2) is 8.75. The maximum absolute atomic E-state index is 13.1. The number of nitrogens with zero attached hydrogens (tertiary/aromatic N) is 2. The molecule has 1 amide bonds. The van der Waals surface area contributed by atoms with Gasteiger partial charge in [0.05, 0.1) is 21.8 Å². The molecule has 1 aliphatic heterocycles. The third-order valence-electron chi connectivity index (χ3n) is 5.40. The van der Waals surface area contributed by atoms with E-state index >= 15 is 0 Å². The topological polar surface area (TPSA) is 79.4 Å². The Labute approximate surface area is 180 Å². The van der Waals surface area contributed by atoms with E-state index in [0.717, 1.165) is 15.8 Å². The number of pyridine rings is 1. The Morgan fingerprint density at radius 1 is 1.07 bits per heavy atom. The number of sulfonamides is 1. The standard InChI is InChI=1S/C22H23N3O3S2/c1-29-21-9-7-19(15-23-21)24-22(26)17-10-12-25(13-11-17)30(27,28)20-8-6-16-4-2-3-5-18(16)14-20/h2-9,14-15,17H,10-13H2,1H3,(H,24,26). The quantitative estimate of drug-likeness (QED) is 0.606. The fraction of sp³-hybridized carbons (Fsp3) is 0.273. The van der Waals surface area contributed by atoms with Crippen molar-refractivity contribution < 1.29 is 13.2 Å². The molecule has 156 valence electrons. The molecule has 1 aliphatic rings. The molecule has 8 heteroatoms. The molecule has 0 aliphatic carbocycles. The van der Waals surface area contributed by atoms with Crippen molar-refractivity contribution in [3.8, 4) is 0 Å². The van der Waals surface area contributed by atoms with E-state index in [4.69, 9.17) is 0 Å². The van der Waals surface area contributed by atoms with Gasteiger partial charge in [-0.15, -0.1) is 11.8 Å². The van der Waals surface area contributed by atoms with Crippen LogP contribution in [0.5, 0.6) is 0 Å². The molecule has 1 fully saturated rings. The Hall–Kier alpha value is -2.42. The van der Waals surface area contributed by atoms with Gasteiger partial charge in [0, 0.05) is 19.0 Å². The number of benzene rings is 2. The highest BCUT2D eigenvalue weighted by molar-refractivity contribution is 7.98. The van der Waals surface area contributed by atoms with Crippen molar-refractivity contribution in [2.24, 2.45) is 5.92 Å². The first-order chi connectivity index (χ1) is 14.5. The predicted molar refractivity (Wildman–Crippen MR) is 120 cm³/mol. The summed E-state index contributed by atoms with van der Waals surface area (Å²) in [5.74, 6) is -0.301. The number of rotatable bonds is 5. The van der Waals surface area contributed by atoms with Crippen LogP contribution in [0.25, 0.3) is 10.8 Å². The van der Waals surface area contributed by atoms with E-state index in [1.165, 1.54) is 16.1 Å². The molecular weight excluding hydrogens is 418 g/mol. The van der Waals surface area contributed by atoms with Crippen LogP contribution >= 0.6 is 11.8 Å². The van der Waals surface area contributed by atoms with E-state index < -0.39 is 10.0 Å². The average molecular weight is 442 g/mol. The summed E-state index contributed by atoms with van der Waals surface area (Å²) < 4.78 is 27.6. The number of carbonyl (C=O) groups is 1. The molecule has 0 atom stereocenters. The van der Waals surface area contributed by atoms with Gasteiger partial charge in [0.25, 0.3) is 0 Å². The van der Waals surface area contributed by atoms with Crippen LogP contribution < -0.4 is 5.32 Å². The van der Waals surface area contributed by atoms with Gasteiger partial charge in [-0.2, -0.15) is 4.31 Å². The minimum atomic E-state index is -3.58. The van der Waals surface area contributed by atoms with Crippen LogP contribution in [0.3, 0.4) is 0 Å². The van der Waals surface area contributed by atoms with E-state index in [9.17, 15) is 13.2 Å². The van der Waals surface area contributed by atoms with Crippen LogP contribution in [-0.2, 0) is 14.8 Å². The number of hydrogen-bond acceptors (Lipinski definition) is 5. The Morgan fingerprint density at radius 2 is 1.80 bits per heavy atom. The van der Waals surface area contributed by atoms with E-state index in [0.29, 0.717) is 36.5 Å². The van der Waals surface area contributed by atoms with E-state index in [1.54, 1.807) is 18.3 Å². The van der Waals surface area contributed by atoms with Crippen LogP contribution in [-0.4, -0.2) is 43.0 Å². The molecule has 0 bridgehead atoms. The fourth-order valence-electron chi connectivity index (χ4n) is 3.65. The number of thioether (sulfide) groups is 1. The van der Waals surface area contributed by atoms with Crippen molar-refractivity contribution in [1.82, 2.24) is 9.29 Å². The van der Waals surface area contributed by atoms with Gasteiger partial charge in [-0.3, -0.25) is 4.79 Å². The van der Waals surface area contributed by atoms with E-state index in [2.05, 4.69) is 10.3 Å². The Balaban J connectivity index is 1.40. The van der Waals surface area contributed by atoms with Gasteiger partial charge in [-0.1, -0.05) is 30.3 Å². The van der Waals surface area contributed by atoms with Gasteiger partial charge in [0.15, 0.2) is 0 Å². The minimum Gasteiger partial charge on any atom is -0.324 e. The third kappa shape index (κ3) is 4.35. The highest BCUT2D eigenvalue weighted by Crippen LogP contribution is 2.27. The summed E-state index contributed by atoms with van der Waals surface area (Å²) >= 11 is 1.54. The van der Waals surface area contributed by atoms with Crippen molar-refractivity contribution in [2.45, 2.75) is 22.8 Å². The van der Waals surface area contributed by atoms with Crippen LogP contribution in [0.4, 0.5) is 5.69 Å². The third-order valence-corrected chi connectivity index (χ3v) is 7.95. The number of anilines is 1. The highest BCUT2D eigenvalue weighted by Gasteiger charge is 2.32. The number of hydrogen-bond donors (Lipinski definition) is 1. The number of amides is 1. The first-order valence-electron chi connectivity index (χ1n) is 9.77. The molecule has 0 unspecified atom stereocenters. The van der Waals surface area contributed by atoms with Crippen molar-refractivity contribution in [2.75, 3.05) is 24.7 Å². The number of piperidine rings is 1. The van der Waals surface area contributed by atoms with E-state index in [1.807, 2.05) is 48.7 Å². The van der Waals surface area contributed by atoms with Crippen molar-refractivity contribution in [3.63, 3.8) is 0 Å². The zero-order chi connectivity index (χ0) is 21.1. The number of carbonyl (C=O) groups excluding carboxylic acids is 1. The Bertz CT molecular complexity index is 1160. The zero-order valence-corrected chi connectivity index (χ0v) is 18.2. The molecule has 30 heavy (non-hydrogen) atoms. The molecule has 2 heterocycles. The Kier molecular flexibility index (Phi) is 6.08. The summed E-state index contributed by atoms with van der Waals surface area (Å²) in [6, 6.07) is 16.6. The summed E-state index contributed by atoms with van der Waals surface area (Å²) in [4.78, 5) is 17.1. The van der Waals surface area contributed by atoms with Gasteiger partial charge in [0.2, 0.25) is 15.9 Å². The van der Waals surface area contributed by atoms with Crippen LogP contribution in [0.2, 0.25) is 0 Å². The van der Waals surface area contributed by atoms with Crippen LogP contribution in [0, 0.1) is 5.92 Å². The van der Waals surface area contributed by atoms with Gasteiger partial charge >= 0.3 is 0 Å². The molecule has 0 saturated carbocycles. The number of aromatic nitrogens is 1. The summed E-state index contributed by atoms with van der Waals surface area (Å²) in [5.41, 5.74) is 0.656. The molecular formula is C22H23N3O3S2. The first-order valence-corrected chi connectivity index (χ1v) is 12.4. The Morgan fingerprint density at radius 3 is 2.47 bits per heavy atom. The lowest BCUT2D eigenvalue weighted by atomic mass is 9.97. The zero-order valence-electron chi connectivity index (χ0n) is 16.6. The lowest BCUT2D eigenvalue weighted by Gasteiger charge is -2.30.